The number of benzene rings is 3. The second-order valence-corrected chi connectivity index (χ2v) is 6.10. The van der Waals surface area contributed by atoms with Crippen molar-refractivity contribution >= 4 is 10.8 Å². The van der Waals surface area contributed by atoms with Gasteiger partial charge in [-0.05, 0) is 42.2 Å². The van der Waals surface area contributed by atoms with Crippen LogP contribution in [-0.2, 0) is 12.0 Å². The first-order valence-corrected chi connectivity index (χ1v) is 7.39. The van der Waals surface area contributed by atoms with Crippen molar-refractivity contribution in [2.24, 2.45) is 5.73 Å². The van der Waals surface area contributed by atoms with E-state index in [1.54, 1.807) is 0 Å². The van der Waals surface area contributed by atoms with E-state index in [2.05, 4.69) is 80.6 Å². The average Bonchev–Trinajstić information content (AvgIpc) is 2.48. The minimum atomic E-state index is -0.363. The van der Waals surface area contributed by atoms with Gasteiger partial charge in [0.05, 0.1) is 0 Å². The highest BCUT2D eigenvalue weighted by Gasteiger charge is 2.22. The molecule has 3 rings (SSSR count). The number of hydrogen-bond acceptors (Lipinski definition) is 1. The van der Waals surface area contributed by atoms with Crippen molar-refractivity contribution in [1.29, 1.82) is 0 Å². The van der Waals surface area contributed by atoms with Crippen LogP contribution in [0.3, 0.4) is 0 Å². The molecule has 0 aliphatic rings. The first-order chi connectivity index (χ1) is 10.1. The van der Waals surface area contributed by atoms with Crippen LogP contribution in [0.15, 0.2) is 66.7 Å². The number of aryl methyl sites for hydroxylation is 1. The summed E-state index contributed by atoms with van der Waals surface area (Å²) in [6.45, 7) is 4.21. The van der Waals surface area contributed by atoms with E-state index in [1.807, 2.05) is 0 Å². The van der Waals surface area contributed by atoms with Gasteiger partial charge in [-0.2, -0.15) is 0 Å². The van der Waals surface area contributed by atoms with Gasteiger partial charge < -0.3 is 5.73 Å². The topological polar surface area (TPSA) is 26.0 Å². The summed E-state index contributed by atoms with van der Waals surface area (Å²) in [6, 6.07) is 23.5. The predicted octanol–water partition coefficient (Wildman–Crippen LogP) is 4.56. The summed E-state index contributed by atoms with van der Waals surface area (Å²) in [7, 11) is 0. The summed E-state index contributed by atoms with van der Waals surface area (Å²) >= 11 is 0. The second-order valence-electron chi connectivity index (χ2n) is 6.10. The van der Waals surface area contributed by atoms with Crippen LogP contribution in [0.5, 0.6) is 0 Å². The molecule has 1 atom stereocenters. The first kappa shape index (κ1) is 13.8. The lowest BCUT2D eigenvalue weighted by Crippen LogP contribution is -2.35. The number of fused-ring (bicyclic) bond motifs is 1. The van der Waals surface area contributed by atoms with Crippen molar-refractivity contribution in [3.63, 3.8) is 0 Å². The summed E-state index contributed by atoms with van der Waals surface area (Å²) in [5.74, 6) is 0. The van der Waals surface area contributed by atoms with Gasteiger partial charge >= 0.3 is 0 Å². The summed E-state index contributed by atoms with van der Waals surface area (Å²) in [4.78, 5) is 0. The maximum atomic E-state index is 6.61. The van der Waals surface area contributed by atoms with Gasteiger partial charge in [0.25, 0.3) is 0 Å². The maximum absolute atomic E-state index is 6.61. The highest BCUT2D eigenvalue weighted by molar-refractivity contribution is 5.85. The largest absolute Gasteiger partial charge is 0.321 e. The van der Waals surface area contributed by atoms with Gasteiger partial charge in [-0.15, -0.1) is 0 Å². The molecule has 1 heteroatoms. The molecule has 3 aromatic rings. The molecule has 0 bridgehead atoms. The van der Waals surface area contributed by atoms with Crippen molar-refractivity contribution in [3.05, 3.63) is 83.4 Å². The Morgan fingerprint density at radius 2 is 1.52 bits per heavy atom. The Morgan fingerprint density at radius 1 is 0.857 bits per heavy atom. The molecule has 0 amide bonds. The molecule has 0 radical (unpaired) electrons. The third-order valence-electron chi connectivity index (χ3n) is 4.15. The molecule has 106 valence electrons. The monoisotopic (exact) mass is 275 g/mol. The summed E-state index contributed by atoms with van der Waals surface area (Å²) in [5.41, 5.74) is 10.00. The fourth-order valence-corrected chi connectivity index (χ4v) is 2.88. The van der Waals surface area contributed by atoms with Gasteiger partial charge in [0.1, 0.15) is 0 Å². The standard InChI is InChI=1S/C20H21N/c1-15-10-12-18(13-11-15)20(2,21)14-17-8-5-7-16-6-3-4-9-19(16)17/h3-13H,14,21H2,1-2H3. The Kier molecular flexibility index (Phi) is 3.52. The Labute approximate surface area is 126 Å². The van der Waals surface area contributed by atoms with Gasteiger partial charge in [-0.25, -0.2) is 0 Å². The zero-order valence-electron chi connectivity index (χ0n) is 12.6. The van der Waals surface area contributed by atoms with Gasteiger partial charge in [-0.1, -0.05) is 72.3 Å². The molecular formula is C20H21N. The van der Waals surface area contributed by atoms with Crippen molar-refractivity contribution in [3.8, 4) is 0 Å². The fourth-order valence-electron chi connectivity index (χ4n) is 2.88. The molecule has 0 aromatic heterocycles. The van der Waals surface area contributed by atoms with Crippen LogP contribution in [0.1, 0.15) is 23.6 Å². The van der Waals surface area contributed by atoms with E-state index in [9.17, 15) is 0 Å². The van der Waals surface area contributed by atoms with Crippen LogP contribution >= 0.6 is 0 Å². The summed E-state index contributed by atoms with van der Waals surface area (Å²) in [5, 5.41) is 2.57. The maximum Gasteiger partial charge on any atom is 0.0422 e. The molecule has 0 heterocycles. The molecule has 0 spiro atoms. The molecule has 0 aliphatic heterocycles. The zero-order valence-corrected chi connectivity index (χ0v) is 12.6. The molecule has 0 fully saturated rings. The van der Waals surface area contributed by atoms with E-state index in [4.69, 9.17) is 5.73 Å². The van der Waals surface area contributed by atoms with E-state index in [1.165, 1.54) is 27.5 Å². The van der Waals surface area contributed by atoms with Crippen LogP contribution in [0.2, 0.25) is 0 Å². The van der Waals surface area contributed by atoms with Crippen molar-refractivity contribution in [1.82, 2.24) is 0 Å². The SMILES string of the molecule is Cc1ccc(C(C)(N)Cc2cccc3ccccc23)cc1. The highest BCUT2D eigenvalue weighted by atomic mass is 14.7. The molecule has 21 heavy (non-hydrogen) atoms. The van der Waals surface area contributed by atoms with Crippen molar-refractivity contribution in [2.45, 2.75) is 25.8 Å². The van der Waals surface area contributed by atoms with E-state index < -0.39 is 0 Å². The normalized spacial score (nSPS) is 14.0. The lowest BCUT2D eigenvalue weighted by Gasteiger charge is -2.26. The van der Waals surface area contributed by atoms with Crippen LogP contribution in [0.4, 0.5) is 0 Å². The van der Waals surface area contributed by atoms with Crippen molar-refractivity contribution in [2.75, 3.05) is 0 Å². The van der Waals surface area contributed by atoms with Gasteiger partial charge in [0, 0.05) is 5.54 Å². The van der Waals surface area contributed by atoms with E-state index >= 15 is 0 Å². The quantitative estimate of drug-likeness (QED) is 0.744. The lowest BCUT2D eigenvalue weighted by molar-refractivity contribution is 0.493. The van der Waals surface area contributed by atoms with Crippen LogP contribution in [-0.4, -0.2) is 0 Å². The third kappa shape index (κ3) is 2.84. The Balaban J connectivity index is 1.99. The number of hydrogen-bond donors (Lipinski definition) is 1. The molecule has 0 aliphatic carbocycles. The molecule has 0 saturated heterocycles. The predicted molar refractivity (Wildman–Crippen MR) is 90.4 cm³/mol. The Hall–Kier alpha value is -2.12. The summed E-state index contributed by atoms with van der Waals surface area (Å²) in [6.07, 6.45) is 0.831. The van der Waals surface area contributed by atoms with Gasteiger partial charge in [-0.3, -0.25) is 0 Å². The molecule has 2 N–H and O–H groups in total. The van der Waals surface area contributed by atoms with Gasteiger partial charge in [0.2, 0.25) is 0 Å². The van der Waals surface area contributed by atoms with E-state index in [-0.39, 0.29) is 5.54 Å². The molecular weight excluding hydrogens is 254 g/mol. The smallest absolute Gasteiger partial charge is 0.0422 e. The van der Waals surface area contributed by atoms with Crippen LogP contribution < -0.4 is 5.73 Å². The number of rotatable bonds is 3. The first-order valence-electron chi connectivity index (χ1n) is 7.39. The molecule has 1 nitrogen and oxygen atoms in total. The van der Waals surface area contributed by atoms with E-state index in [0.717, 1.165) is 6.42 Å². The highest BCUT2D eigenvalue weighted by Crippen LogP contribution is 2.27. The molecule has 3 aromatic carbocycles. The summed E-state index contributed by atoms with van der Waals surface area (Å²) < 4.78 is 0. The van der Waals surface area contributed by atoms with Gasteiger partial charge in [0.15, 0.2) is 0 Å². The van der Waals surface area contributed by atoms with Crippen molar-refractivity contribution < 1.29 is 0 Å². The minimum absolute atomic E-state index is 0.363. The lowest BCUT2D eigenvalue weighted by atomic mass is 9.85. The second kappa shape index (κ2) is 5.34. The van der Waals surface area contributed by atoms with Crippen LogP contribution in [0, 0.1) is 6.92 Å². The number of nitrogens with two attached hydrogens (primary N) is 1. The minimum Gasteiger partial charge on any atom is -0.321 e. The fraction of sp³-hybridized carbons (Fsp3) is 0.200. The molecule has 1 unspecified atom stereocenters. The van der Waals surface area contributed by atoms with Crippen LogP contribution in [0.25, 0.3) is 10.8 Å². The average molecular weight is 275 g/mol. The Morgan fingerprint density at radius 3 is 2.29 bits per heavy atom. The zero-order chi connectivity index (χ0) is 14.9. The molecule has 0 saturated carbocycles. The Bertz CT molecular complexity index is 749. The third-order valence-corrected chi connectivity index (χ3v) is 4.15. The van der Waals surface area contributed by atoms with E-state index in [0.29, 0.717) is 0 Å².